The van der Waals surface area contributed by atoms with E-state index in [4.69, 9.17) is 0 Å². The summed E-state index contributed by atoms with van der Waals surface area (Å²) in [4.78, 5) is 11.5. The van der Waals surface area contributed by atoms with Gasteiger partial charge in [-0.1, -0.05) is 18.6 Å². The van der Waals surface area contributed by atoms with Gasteiger partial charge in [-0.05, 0) is 32.1 Å². The first kappa shape index (κ1) is 8.79. The molecule has 0 aromatic rings. The maximum absolute atomic E-state index is 11.5. The van der Waals surface area contributed by atoms with Crippen molar-refractivity contribution in [2.75, 3.05) is 0 Å². The summed E-state index contributed by atoms with van der Waals surface area (Å²) in [6.07, 6.45) is 11.3. The summed E-state index contributed by atoms with van der Waals surface area (Å²) in [6, 6.07) is 0.321. The zero-order valence-corrected chi connectivity index (χ0v) is 7.96. The molecule has 1 unspecified atom stereocenters. The van der Waals surface area contributed by atoms with Gasteiger partial charge in [-0.25, -0.2) is 0 Å². The Bertz CT molecular complexity index is 218. The van der Waals surface area contributed by atoms with Crippen molar-refractivity contribution in [2.45, 2.75) is 44.6 Å². The van der Waals surface area contributed by atoms with Crippen molar-refractivity contribution >= 4 is 5.91 Å². The fourth-order valence-electron chi connectivity index (χ4n) is 1.90. The monoisotopic (exact) mass is 179 g/mol. The number of hydrogen-bond donors (Lipinski definition) is 1. The van der Waals surface area contributed by atoms with Crippen molar-refractivity contribution in [1.29, 1.82) is 0 Å². The van der Waals surface area contributed by atoms with Crippen LogP contribution in [0.2, 0.25) is 0 Å². The second-order valence-corrected chi connectivity index (χ2v) is 4.10. The van der Waals surface area contributed by atoms with Crippen LogP contribution < -0.4 is 5.32 Å². The lowest BCUT2D eigenvalue weighted by atomic mass is 9.84. The molecule has 1 fully saturated rings. The summed E-state index contributed by atoms with van der Waals surface area (Å²) >= 11 is 0. The third-order valence-electron chi connectivity index (χ3n) is 3.06. The van der Waals surface area contributed by atoms with Gasteiger partial charge in [-0.2, -0.15) is 0 Å². The molecular weight excluding hydrogens is 162 g/mol. The van der Waals surface area contributed by atoms with Crippen molar-refractivity contribution < 1.29 is 4.79 Å². The Labute approximate surface area is 79.4 Å². The maximum Gasteiger partial charge on any atom is 0.223 e. The Kier molecular flexibility index (Phi) is 2.67. The Morgan fingerprint density at radius 3 is 2.62 bits per heavy atom. The molecule has 0 aromatic heterocycles. The number of nitrogens with one attached hydrogen (secondary N) is 1. The summed E-state index contributed by atoms with van der Waals surface area (Å²) in [5.41, 5.74) is 0. The zero-order chi connectivity index (χ0) is 9.10. The van der Waals surface area contributed by atoms with Crippen molar-refractivity contribution in [2.24, 2.45) is 5.92 Å². The van der Waals surface area contributed by atoms with E-state index in [2.05, 4.69) is 17.5 Å². The largest absolute Gasteiger partial charge is 0.350 e. The molecule has 0 saturated heterocycles. The zero-order valence-electron chi connectivity index (χ0n) is 7.96. The molecule has 1 atom stereocenters. The first-order chi connectivity index (χ1) is 6.36. The first-order valence-corrected chi connectivity index (χ1v) is 5.33. The minimum atomic E-state index is 0.280. The molecule has 1 amide bonds. The van der Waals surface area contributed by atoms with E-state index >= 15 is 0 Å². The SMILES string of the molecule is O=C(NC1C=CCCC1)C1CCC1. The van der Waals surface area contributed by atoms with Crippen molar-refractivity contribution in [1.82, 2.24) is 5.32 Å². The van der Waals surface area contributed by atoms with Gasteiger partial charge in [0, 0.05) is 12.0 Å². The third-order valence-corrected chi connectivity index (χ3v) is 3.06. The van der Waals surface area contributed by atoms with Crippen LogP contribution in [0, 0.1) is 5.92 Å². The lowest BCUT2D eigenvalue weighted by Gasteiger charge is -2.27. The standard InChI is InChI=1S/C11H17NO/c13-11(9-5-4-6-9)12-10-7-2-1-3-8-10/h2,7,9-10H,1,3-6,8H2,(H,12,13). The van der Waals surface area contributed by atoms with Gasteiger partial charge in [0.1, 0.15) is 0 Å². The summed E-state index contributed by atoms with van der Waals surface area (Å²) in [6.45, 7) is 0. The van der Waals surface area contributed by atoms with E-state index in [1.165, 1.54) is 19.3 Å². The van der Waals surface area contributed by atoms with Gasteiger partial charge >= 0.3 is 0 Å². The number of carbonyl (C=O) groups is 1. The van der Waals surface area contributed by atoms with Crippen LogP contribution in [0.15, 0.2) is 12.2 Å². The van der Waals surface area contributed by atoms with Gasteiger partial charge in [0.05, 0.1) is 0 Å². The highest BCUT2D eigenvalue weighted by Crippen LogP contribution is 2.26. The lowest BCUT2D eigenvalue weighted by molar-refractivity contribution is -0.127. The molecule has 1 N–H and O–H groups in total. The van der Waals surface area contributed by atoms with E-state index in [0.29, 0.717) is 12.0 Å². The van der Waals surface area contributed by atoms with Crippen LogP contribution >= 0.6 is 0 Å². The van der Waals surface area contributed by atoms with E-state index < -0.39 is 0 Å². The number of rotatable bonds is 2. The van der Waals surface area contributed by atoms with E-state index in [1.807, 2.05) is 0 Å². The number of amides is 1. The smallest absolute Gasteiger partial charge is 0.223 e. The van der Waals surface area contributed by atoms with Gasteiger partial charge in [0.2, 0.25) is 5.91 Å². The van der Waals surface area contributed by atoms with Gasteiger partial charge < -0.3 is 5.32 Å². The summed E-state index contributed by atoms with van der Waals surface area (Å²) in [5.74, 6) is 0.609. The predicted molar refractivity (Wildman–Crippen MR) is 52.3 cm³/mol. The third kappa shape index (κ3) is 2.11. The molecule has 0 aromatic carbocycles. The van der Waals surface area contributed by atoms with Gasteiger partial charge in [0.25, 0.3) is 0 Å². The Balaban J connectivity index is 1.78. The average molecular weight is 179 g/mol. The normalized spacial score (nSPS) is 28.2. The summed E-state index contributed by atoms with van der Waals surface area (Å²) in [5, 5.41) is 3.10. The Hall–Kier alpha value is -0.790. The molecule has 0 aliphatic heterocycles. The fourth-order valence-corrected chi connectivity index (χ4v) is 1.90. The Morgan fingerprint density at radius 2 is 2.08 bits per heavy atom. The van der Waals surface area contributed by atoms with E-state index in [0.717, 1.165) is 19.3 Å². The minimum absolute atomic E-state index is 0.280. The highest BCUT2D eigenvalue weighted by Gasteiger charge is 2.26. The quantitative estimate of drug-likeness (QED) is 0.645. The second kappa shape index (κ2) is 3.95. The molecule has 0 bridgehead atoms. The van der Waals surface area contributed by atoms with Gasteiger partial charge in [-0.15, -0.1) is 0 Å². The lowest BCUT2D eigenvalue weighted by Crippen LogP contribution is -2.40. The molecule has 2 rings (SSSR count). The first-order valence-electron chi connectivity index (χ1n) is 5.33. The van der Waals surface area contributed by atoms with Crippen LogP contribution in [0.1, 0.15) is 38.5 Å². The van der Waals surface area contributed by atoms with Crippen LogP contribution in [-0.2, 0) is 4.79 Å². The van der Waals surface area contributed by atoms with Gasteiger partial charge in [0.15, 0.2) is 0 Å². The van der Waals surface area contributed by atoms with Crippen LogP contribution in [0.25, 0.3) is 0 Å². The maximum atomic E-state index is 11.5. The molecule has 72 valence electrons. The topological polar surface area (TPSA) is 29.1 Å². The molecule has 2 heteroatoms. The van der Waals surface area contributed by atoms with Crippen molar-refractivity contribution in [3.05, 3.63) is 12.2 Å². The van der Waals surface area contributed by atoms with E-state index in [-0.39, 0.29) is 5.91 Å². The molecule has 2 aliphatic rings. The Morgan fingerprint density at radius 1 is 1.23 bits per heavy atom. The number of hydrogen-bond acceptors (Lipinski definition) is 1. The van der Waals surface area contributed by atoms with Crippen LogP contribution in [-0.4, -0.2) is 11.9 Å². The molecule has 2 nitrogen and oxygen atoms in total. The molecule has 2 aliphatic carbocycles. The van der Waals surface area contributed by atoms with Crippen LogP contribution in [0.5, 0.6) is 0 Å². The molecule has 0 heterocycles. The predicted octanol–water partition coefficient (Wildman–Crippen LogP) is 2.01. The second-order valence-electron chi connectivity index (χ2n) is 4.10. The summed E-state index contributed by atoms with van der Waals surface area (Å²) < 4.78 is 0. The fraction of sp³-hybridized carbons (Fsp3) is 0.727. The molecule has 0 spiro atoms. The highest BCUT2D eigenvalue weighted by atomic mass is 16.1. The average Bonchev–Trinajstić information content (AvgIpc) is 2.02. The van der Waals surface area contributed by atoms with Gasteiger partial charge in [-0.3, -0.25) is 4.79 Å². The molecule has 13 heavy (non-hydrogen) atoms. The molecular formula is C11H17NO. The molecule has 0 radical (unpaired) electrons. The summed E-state index contributed by atoms with van der Waals surface area (Å²) in [7, 11) is 0. The highest BCUT2D eigenvalue weighted by molar-refractivity contribution is 5.79. The van der Waals surface area contributed by atoms with Crippen LogP contribution in [0.4, 0.5) is 0 Å². The van der Waals surface area contributed by atoms with E-state index in [9.17, 15) is 4.79 Å². The van der Waals surface area contributed by atoms with Crippen molar-refractivity contribution in [3.63, 3.8) is 0 Å². The minimum Gasteiger partial charge on any atom is -0.350 e. The number of carbonyl (C=O) groups excluding carboxylic acids is 1. The van der Waals surface area contributed by atoms with E-state index in [1.54, 1.807) is 0 Å². The van der Waals surface area contributed by atoms with Crippen LogP contribution in [0.3, 0.4) is 0 Å². The molecule has 1 saturated carbocycles. The van der Waals surface area contributed by atoms with Crippen molar-refractivity contribution in [3.8, 4) is 0 Å². The number of allylic oxidation sites excluding steroid dienone is 1.